The molecule has 0 saturated heterocycles. The van der Waals surface area contributed by atoms with Crippen LogP contribution in [0.5, 0.6) is 5.75 Å². The zero-order chi connectivity index (χ0) is 23.6. The fourth-order valence-electron chi connectivity index (χ4n) is 3.26. The highest BCUT2D eigenvalue weighted by molar-refractivity contribution is 7.10. The summed E-state index contributed by atoms with van der Waals surface area (Å²) in [6.07, 6.45) is 0.649. The summed E-state index contributed by atoms with van der Waals surface area (Å²) >= 11 is 7.66. The molecule has 3 aromatic rings. The lowest BCUT2D eigenvalue weighted by molar-refractivity contribution is -0.125. The van der Waals surface area contributed by atoms with E-state index in [2.05, 4.69) is 17.2 Å². The van der Waals surface area contributed by atoms with Crippen molar-refractivity contribution in [2.75, 3.05) is 25.2 Å². The number of halogens is 1. The third-order valence-electron chi connectivity index (χ3n) is 4.78. The van der Waals surface area contributed by atoms with Gasteiger partial charge in [0.2, 0.25) is 5.91 Å². The number of aliphatic hydroxyl groups is 1. The molecule has 1 heterocycles. The second kappa shape index (κ2) is 12.1. The van der Waals surface area contributed by atoms with E-state index in [1.165, 1.54) is 23.3 Å². The van der Waals surface area contributed by atoms with Gasteiger partial charge in [-0.15, -0.1) is 11.3 Å². The fraction of sp³-hybridized carbons (Fsp3) is 0.200. The van der Waals surface area contributed by atoms with Crippen LogP contribution >= 0.6 is 22.9 Å². The van der Waals surface area contributed by atoms with E-state index in [-0.39, 0.29) is 10.9 Å². The minimum Gasteiger partial charge on any atom is -0.495 e. The number of nitrogens with zero attached hydrogens (tertiary/aromatic N) is 1. The van der Waals surface area contributed by atoms with E-state index in [9.17, 15) is 9.59 Å². The maximum Gasteiger partial charge on any atom is 0.304 e. The molecular weight excluding hydrogens is 460 g/mol. The highest BCUT2D eigenvalue weighted by Crippen LogP contribution is 2.35. The van der Waals surface area contributed by atoms with Crippen LogP contribution < -0.4 is 15.0 Å². The number of methoxy groups -OCH3 is 1. The molecule has 0 spiro atoms. The smallest absolute Gasteiger partial charge is 0.304 e. The van der Waals surface area contributed by atoms with Crippen LogP contribution in [0, 0.1) is 11.8 Å². The highest BCUT2D eigenvalue weighted by Gasteiger charge is 2.33. The Morgan fingerprint density at radius 1 is 1.18 bits per heavy atom. The number of ether oxygens (including phenoxy) is 1. The Morgan fingerprint density at radius 2 is 1.97 bits per heavy atom. The van der Waals surface area contributed by atoms with Gasteiger partial charge < -0.3 is 15.2 Å². The van der Waals surface area contributed by atoms with Gasteiger partial charge in [0.05, 0.1) is 12.1 Å². The molecule has 2 amide bonds. The summed E-state index contributed by atoms with van der Waals surface area (Å²) in [4.78, 5) is 28.4. The van der Waals surface area contributed by atoms with Crippen LogP contribution in [0.4, 0.5) is 5.69 Å². The first kappa shape index (κ1) is 24.3. The van der Waals surface area contributed by atoms with E-state index >= 15 is 0 Å². The molecule has 0 aliphatic heterocycles. The minimum atomic E-state index is -0.967. The topological polar surface area (TPSA) is 78.9 Å². The van der Waals surface area contributed by atoms with E-state index in [4.69, 9.17) is 21.4 Å². The molecule has 0 aliphatic carbocycles. The number of nitrogens with one attached hydrogen (secondary N) is 1. The van der Waals surface area contributed by atoms with Crippen LogP contribution in [0.25, 0.3) is 0 Å². The molecule has 0 bridgehead atoms. The summed E-state index contributed by atoms with van der Waals surface area (Å²) < 4.78 is 5.21. The summed E-state index contributed by atoms with van der Waals surface area (Å²) in [6, 6.07) is 17.2. The molecule has 33 heavy (non-hydrogen) atoms. The van der Waals surface area contributed by atoms with E-state index in [1.807, 2.05) is 41.8 Å². The van der Waals surface area contributed by atoms with Crippen molar-refractivity contribution in [2.45, 2.75) is 12.5 Å². The molecule has 3 rings (SSSR count). The Kier molecular flexibility index (Phi) is 8.90. The van der Waals surface area contributed by atoms with Crippen LogP contribution in [-0.4, -0.2) is 37.2 Å². The molecule has 0 saturated carbocycles. The quantitative estimate of drug-likeness (QED) is 0.478. The third kappa shape index (κ3) is 6.36. The normalized spacial score (nSPS) is 11.1. The Morgan fingerprint density at radius 3 is 2.61 bits per heavy atom. The van der Waals surface area contributed by atoms with Crippen LogP contribution in [0.1, 0.15) is 16.5 Å². The Bertz CT molecular complexity index is 1140. The van der Waals surface area contributed by atoms with Crippen LogP contribution in [0.3, 0.4) is 0 Å². The number of hydrogen-bond donors (Lipinski definition) is 2. The van der Waals surface area contributed by atoms with E-state index in [1.54, 1.807) is 24.3 Å². The van der Waals surface area contributed by atoms with Crippen molar-refractivity contribution in [3.8, 4) is 17.6 Å². The van der Waals surface area contributed by atoms with Crippen LogP contribution in [-0.2, 0) is 16.0 Å². The largest absolute Gasteiger partial charge is 0.495 e. The number of aliphatic hydroxyl groups excluding tert-OH is 1. The molecule has 2 aromatic carbocycles. The first-order valence-electron chi connectivity index (χ1n) is 10.2. The number of thiophene rings is 1. The van der Waals surface area contributed by atoms with Gasteiger partial charge in [-0.05, 0) is 47.6 Å². The van der Waals surface area contributed by atoms with Gasteiger partial charge in [-0.2, -0.15) is 0 Å². The lowest BCUT2D eigenvalue weighted by atomic mass is 10.1. The zero-order valence-corrected chi connectivity index (χ0v) is 19.5. The first-order valence-corrected chi connectivity index (χ1v) is 11.4. The van der Waals surface area contributed by atoms with Crippen LogP contribution in [0.15, 0.2) is 66.0 Å². The molecule has 6 nitrogen and oxygen atoms in total. The van der Waals surface area contributed by atoms with Crippen molar-refractivity contribution in [2.24, 2.45) is 0 Å². The number of amides is 2. The maximum atomic E-state index is 13.4. The summed E-state index contributed by atoms with van der Waals surface area (Å²) in [6.45, 7) is -0.0751. The summed E-state index contributed by atoms with van der Waals surface area (Å²) in [5.74, 6) is 4.22. The van der Waals surface area contributed by atoms with Gasteiger partial charge >= 0.3 is 5.91 Å². The molecule has 2 N–H and O–H groups in total. The van der Waals surface area contributed by atoms with Crippen molar-refractivity contribution in [3.05, 3.63) is 81.5 Å². The molecule has 0 fully saturated rings. The summed E-state index contributed by atoms with van der Waals surface area (Å²) in [5.41, 5.74) is 1.48. The van der Waals surface area contributed by atoms with Crippen molar-refractivity contribution < 1.29 is 19.4 Å². The average Bonchev–Trinajstić information content (AvgIpc) is 3.35. The third-order valence-corrected chi connectivity index (χ3v) is 6.00. The number of hydrogen-bond acceptors (Lipinski definition) is 5. The Hall–Kier alpha value is -3.31. The summed E-state index contributed by atoms with van der Waals surface area (Å²) in [5, 5.41) is 14.1. The predicted octanol–water partition coefficient (Wildman–Crippen LogP) is 3.84. The fourth-order valence-corrected chi connectivity index (χ4v) is 4.32. The molecule has 1 unspecified atom stereocenters. The molecule has 1 atom stereocenters. The molecular formula is C25H23ClN2O4S. The second-order valence-electron chi connectivity index (χ2n) is 6.90. The van der Waals surface area contributed by atoms with E-state index in [0.29, 0.717) is 29.3 Å². The maximum absolute atomic E-state index is 13.4. The van der Waals surface area contributed by atoms with E-state index in [0.717, 1.165) is 5.56 Å². The number of carbonyl (C=O) groups excluding carboxylic acids is 2. The molecule has 0 radical (unpaired) electrons. The lowest BCUT2D eigenvalue weighted by Crippen LogP contribution is -2.43. The van der Waals surface area contributed by atoms with Crippen LogP contribution in [0.2, 0.25) is 5.02 Å². The van der Waals surface area contributed by atoms with Gasteiger partial charge in [0, 0.05) is 17.1 Å². The number of anilines is 1. The Labute approximate surface area is 201 Å². The summed E-state index contributed by atoms with van der Waals surface area (Å²) in [7, 11) is 1.49. The monoisotopic (exact) mass is 482 g/mol. The van der Waals surface area contributed by atoms with Crippen molar-refractivity contribution >= 4 is 40.4 Å². The van der Waals surface area contributed by atoms with Gasteiger partial charge in [0.15, 0.2) is 6.04 Å². The van der Waals surface area contributed by atoms with Gasteiger partial charge in [0.25, 0.3) is 0 Å². The standard InChI is InChI=1S/C25H23ClN2O4S/c1-32-21-12-11-19(17-20(21)26)28(23(30)10-5-15-29)24(22-9-6-16-33-22)25(31)27-14-13-18-7-3-2-4-8-18/h2-4,6-9,11-12,16-17,24,29H,13-15H2,1H3,(H,27,31). The van der Waals surface area contributed by atoms with Crippen molar-refractivity contribution in [1.82, 2.24) is 5.32 Å². The average molecular weight is 483 g/mol. The van der Waals surface area contributed by atoms with Gasteiger partial charge in [0.1, 0.15) is 12.4 Å². The molecule has 170 valence electrons. The lowest BCUT2D eigenvalue weighted by Gasteiger charge is -2.29. The SMILES string of the molecule is COc1ccc(N(C(=O)C#CCO)C(C(=O)NCCc2ccccc2)c2cccs2)cc1Cl. The minimum absolute atomic E-state index is 0.289. The molecule has 1 aromatic heterocycles. The molecule has 8 heteroatoms. The van der Waals surface area contributed by atoms with Crippen molar-refractivity contribution in [3.63, 3.8) is 0 Å². The Balaban J connectivity index is 1.95. The van der Waals surface area contributed by atoms with Gasteiger partial charge in [-0.3, -0.25) is 14.5 Å². The zero-order valence-electron chi connectivity index (χ0n) is 18.0. The predicted molar refractivity (Wildman–Crippen MR) is 131 cm³/mol. The van der Waals surface area contributed by atoms with Gasteiger partial charge in [-0.25, -0.2) is 0 Å². The number of benzene rings is 2. The number of carbonyl (C=O) groups is 2. The molecule has 0 aliphatic rings. The second-order valence-corrected chi connectivity index (χ2v) is 8.28. The van der Waals surface area contributed by atoms with E-state index < -0.39 is 18.6 Å². The number of rotatable bonds is 8. The van der Waals surface area contributed by atoms with Crippen molar-refractivity contribution in [1.29, 1.82) is 0 Å². The first-order chi connectivity index (χ1) is 16.0. The van der Waals surface area contributed by atoms with Gasteiger partial charge in [-0.1, -0.05) is 53.9 Å². The highest BCUT2D eigenvalue weighted by atomic mass is 35.5.